The second kappa shape index (κ2) is 10.1. The van der Waals surface area contributed by atoms with E-state index in [0.717, 1.165) is 21.9 Å². The van der Waals surface area contributed by atoms with E-state index in [0.29, 0.717) is 5.75 Å². The van der Waals surface area contributed by atoms with Gasteiger partial charge >= 0.3 is 0 Å². The van der Waals surface area contributed by atoms with Crippen molar-refractivity contribution in [1.82, 2.24) is 9.62 Å². The molecule has 0 saturated heterocycles. The van der Waals surface area contributed by atoms with Gasteiger partial charge in [0.25, 0.3) is 0 Å². The quantitative estimate of drug-likeness (QED) is 0.653. The normalized spacial score (nSPS) is 12.4. The first-order valence-electron chi connectivity index (χ1n) is 8.83. The molecule has 152 valence electrons. The van der Waals surface area contributed by atoms with Crippen molar-refractivity contribution < 1.29 is 22.7 Å². The zero-order chi connectivity index (χ0) is 20.6. The molecule has 7 nitrogen and oxygen atoms in total. The highest BCUT2D eigenvalue weighted by Gasteiger charge is 2.21. The van der Waals surface area contributed by atoms with Gasteiger partial charge in [-0.25, -0.2) is 8.42 Å². The molecule has 1 atom stereocenters. The molecule has 1 amide bonds. The van der Waals surface area contributed by atoms with Crippen LogP contribution in [0.25, 0.3) is 0 Å². The summed E-state index contributed by atoms with van der Waals surface area (Å²) in [6, 6.07) is 16.0. The molecule has 0 aliphatic heterocycles. The lowest BCUT2D eigenvalue weighted by Crippen LogP contribution is -2.44. The van der Waals surface area contributed by atoms with Crippen LogP contribution in [0, 0.1) is 0 Å². The summed E-state index contributed by atoms with van der Waals surface area (Å²) >= 11 is 0. The zero-order valence-electron chi connectivity index (χ0n) is 16.3. The van der Waals surface area contributed by atoms with Crippen molar-refractivity contribution in [2.75, 3.05) is 26.5 Å². The summed E-state index contributed by atoms with van der Waals surface area (Å²) < 4.78 is 35.9. The van der Waals surface area contributed by atoms with Crippen molar-refractivity contribution in [3.8, 4) is 11.5 Å². The van der Waals surface area contributed by atoms with E-state index in [1.807, 2.05) is 30.3 Å². The van der Waals surface area contributed by atoms with Crippen LogP contribution in [0.1, 0.15) is 12.5 Å². The molecule has 0 aliphatic carbocycles. The minimum Gasteiger partial charge on any atom is -0.497 e. The molecule has 0 aliphatic rings. The van der Waals surface area contributed by atoms with Crippen molar-refractivity contribution in [2.45, 2.75) is 19.5 Å². The number of benzene rings is 2. The Kier molecular flexibility index (Phi) is 7.83. The van der Waals surface area contributed by atoms with Gasteiger partial charge in [-0.15, -0.1) is 0 Å². The van der Waals surface area contributed by atoms with Gasteiger partial charge in [0.1, 0.15) is 18.1 Å². The minimum absolute atomic E-state index is 0.143. The predicted octanol–water partition coefficient (Wildman–Crippen LogP) is 2.04. The van der Waals surface area contributed by atoms with E-state index < -0.39 is 10.0 Å². The fraction of sp³-hybridized carbons (Fsp3) is 0.350. The van der Waals surface area contributed by atoms with Gasteiger partial charge in [-0.1, -0.05) is 30.3 Å². The molecule has 0 saturated carbocycles. The molecule has 0 radical (unpaired) electrons. The van der Waals surface area contributed by atoms with Crippen LogP contribution in [0.2, 0.25) is 0 Å². The summed E-state index contributed by atoms with van der Waals surface area (Å²) in [4.78, 5) is 12.3. The van der Waals surface area contributed by atoms with Crippen LogP contribution < -0.4 is 14.8 Å². The maximum absolute atomic E-state index is 12.3. The summed E-state index contributed by atoms with van der Waals surface area (Å²) in [5.74, 6) is 1.00. The lowest BCUT2D eigenvalue weighted by atomic mass is 10.2. The number of sulfonamides is 1. The summed E-state index contributed by atoms with van der Waals surface area (Å²) in [6.07, 6.45) is 1.10. The average molecular weight is 407 g/mol. The zero-order valence-corrected chi connectivity index (χ0v) is 17.1. The molecule has 0 unspecified atom stereocenters. The first kappa shape index (κ1) is 21.7. The van der Waals surface area contributed by atoms with Crippen LogP contribution in [0.15, 0.2) is 54.6 Å². The minimum atomic E-state index is -3.53. The number of carbonyl (C=O) groups is 1. The average Bonchev–Trinajstić information content (AvgIpc) is 2.66. The number of rotatable bonds is 10. The van der Waals surface area contributed by atoms with Crippen molar-refractivity contribution >= 4 is 15.9 Å². The Balaban J connectivity index is 1.86. The maximum atomic E-state index is 12.3. The molecular weight excluding hydrogens is 380 g/mol. The van der Waals surface area contributed by atoms with E-state index in [1.165, 1.54) is 0 Å². The Morgan fingerprint density at radius 3 is 2.25 bits per heavy atom. The topological polar surface area (TPSA) is 84.9 Å². The number of amides is 1. The van der Waals surface area contributed by atoms with Gasteiger partial charge in [0, 0.05) is 6.54 Å². The fourth-order valence-electron chi connectivity index (χ4n) is 2.49. The lowest BCUT2D eigenvalue weighted by molar-refractivity contribution is -0.122. The second-order valence-corrected chi connectivity index (χ2v) is 8.45. The maximum Gasteiger partial charge on any atom is 0.235 e. The smallest absolute Gasteiger partial charge is 0.235 e. The highest BCUT2D eigenvalue weighted by Crippen LogP contribution is 2.17. The number of methoxy groups -OCH3 is 1. The van der Waals surface area contributed by atoms with Crippen LogP contribution in [-0.4, -0.2) is 51.2 Å². The molecule has 2 rings (SSSR count). The third-order valence-corrected chi connectivity index (χ3v) is 5.15. The van der Waals surface area contributed by atoms with Gasteiger partial charge < -0.3 is 14.8 Å². The van der Waals surface area contributed by atoms with Crippen LogP contribution in [0.4, 0.5) is 0 Å². The van der Waals surface area contributed by atoms with E-state index in [4.69, 9.17) is 9.47 Å². The lowest BCUT2D eigenvalue weighted by Gasteiger charge is -2.21. The van der Waals surface area contributed by atoms with Crippen molar-refractivity contribution in [2.24, 2.45) is 0 Å². The van der Waals surface area contributed by atoms with Gasteiger partial charge in [-0.3, -0.25) is 4.79 Å². The molecule has 0 heterocycles. The van der Waals surface area contributed by atoms with Gasteiger partial charge in [-0.2, -0.15) is 4.31 Å². The molecule has 0 fully saturated rings. The predicted molar refractivity (Wildman–Crippen MR) is 108 cm³/mol. The van der Waals surface area contributed by atoms with Crippen LogP contribution in [0.5, 0.6) is 11.5 Å². The summed E-state index contributed by atoms with van der Waals surface area (Å²) in [6.45, 7) is 1.95. The van der Waals surface area contributed by atoms with E-state index in [9.17, 15) is 13.2 Å². The Labute approximate surface area is 166 Å². The van der Waals surface area contributed by atoms with Gasteiger partial charge in [0.2, 0.25) is 15.9 Å². The highest BCUT2D eigenvalue weighted by atomic mass is 32.2. The standard InChI is InChI=1S/C20H26N2O5S/c1-16(15-27-19-11-9-18(26-2)10-12-19)21-20(23)14-22(28(3,24)25)13-17-7-5-4-6-8-17/h4-12,16H,13-15H2,1-3H3,(H,21,23)/t16-/m0/s1. The number of hydrogen-bond donors (Lipinski definition) is 1. The largest absolute Gasteiger partial charge is 0.497 e. The van der Waals surface area contributed by atoms with Crippen molar-refractivity contribution in [1.29, 1.82) is 0 Å². The van der Waals surface area contributed by atoms with Gasteiger partial charge in [-0.05, 0) is 36.8 Å². The summed E-state index contributed by atoms with van der Waals surface area (Å²) in [7, 11) is -1.94. The second-order valence-electron chi connectivity index (χ2n) is 6.47. The number of carbonyl (C=O) groups excluding carboxylic acids is 1. The number of ether oxygens (including phenoxy) is 2. The first-order valence-corrected chi connectivity index (χ1v) is 10.7. The van der Waals surface area contributed by atoms with Crippen LogP contribution >= 0.6 is 0 Å². The number of nitrogens with zero attached hydrogens (tertiary/aromatic N) is 1. The number of nitrogens with one attached hydrogen (secondary N) is 1. The Hall–Kier alpha value is -2.58. The molecule has 0 bridgehead atoms. The highest BCUT2D eigenvalue weighted by molar-refractivity contribution is 7.88. The van der Waals surface area contributed by atoms with Crippen LogP contribution in [0.3, 0.4) is 0 Å². The van der Waals surface area contributed by atoms with Gasteiger partial charge in [0.15, 0.2) is 0 Å². The Morgan fingerprint density at radius 2 is 1.68 bits per heavy atom. The van der Waals surface area contributed by atoms with Crippen molar-refractivity contribution in [3.63, 3.8) is 0 Å². The van der Waals surface area contributed by atoms with E-state index in [-0.39, 0.29) is 31.6 Å². The molecule has 0 aromatic heterocycles. The SMILES string of the molecule is COc1ccc(OC[C@H](C)NC(=O)CN(Cc2ccccc2)S(C)(=O)=O)cc1. The third kappa shape index (κ3) is 7.21. The molecule has 1 N–H and O–H groups in total. The molecule has 8 heteroatoms. The van der Waals surface area contributed by atoms with Gasteiger partial charge in [0.05, 0.1) is 26.0 Å². The Bertz CT molecular complexity index is 854. The number of hydrogen-bond acceptors (Lipinski definition) is 5. The monoisotopic (exact) mass is 406 g/mol. The summed E-state index contributed by atoms with van der Waals surface area (Å²) in [5.41, 5.74) is 0.816. The molecule has 2 aromatic rings. The van der Waals surface area contributed by atoms with E-state index in [1.54, 1.807) is 38.3 Å². The Morgan fingerprint density at radius 1 is 1.07 bits per heavy atom. The van der Waals surface area contributed by atoms with E-state index in [2.05, 4.69) is 5.32 Å². The summed E-state index contributed by atoms with van der Waals surface area (Å²) in [5, 5.41) is 2.77. The molecular formula is C20H26N2O5S. The molecule has 0 spiro atoms. The molecule has 2 aromatic carbocycles. The van der Waals surface area contributed by atoms with Crippen LogP contribution in [-0.2, 0) is 21.4 Å². The fourth-order valence-corrected chi connectivity index (χ4v) is 3.23. The van der Waals surface area contributed by atoms with E-state index >= 15 is 0 Å². The molecule has 28 heavy (non-hydrogen) atoms. The first-order chi connectivity index (χ1) is 13.3. The van der Waals surface area contributed by atoms with Crippen molar-refractivity contribution in [3.05, 3.63) is 60.2 Å². The third-order valence-electron chi connectivity index (χ3n) is 3.96.